The number of rotatable bonds is 5. The lowest BCUT2D eigenvalue weighted by Gasteiger charge is -1.94. The first-order valence-corrected chi connectivity index (χ1v) is 8.84. The minimum absolute atomic E-state index is 0.322. The van der Waals surface area contributed by atoms with Crippen LogP contribution >= 0.6 is 23.4 Å². The van der Waals surface area contributed by atoms with Gasteiger partial charge in [-0.05, 0) is 48.5 Å². The van der Waals surface area contributed by atoms with Crippen LogP contribution in [0.1, 0.15) is 5.82 Å². The van der Waals surface area contributed by atoms with Gasteiger partial charge in [-0.15, -0.1) is 10.2 Å². The lowest BCUT2D eigenvalue weighted by molar-refractivity contribution is 0.425. The summed E-state index contributed by atoms with van der Waals surface area (Å²) in [5, 5.41) is 12.9. The van der Waals surface area contributed by atoms with Gasteiger partial charge in [-0.2, -0.15) is 4.98 Å². The molecule has 130 valence electrons. The monoisotopic (exact) mass is 388 g/mol. The summed E-state index contributed by atoms with van der Waals surface area (Å²) in [6, 6.07) is 13.0. The highest BCUT2D eigenvalue weighted by atomic mass is 35.5. The van der Waals surface area contributed by atoms with Gasteiger partial charge in [-0.1, -0.05) is 28.5 Å². The average molecular weight is 389 g/mol. The molecule has 9 heteroatoms. The van der Waals surface area contributed by atoms with E-state index in [-0.39, 0.29) is 5.82 Å². The molecule has 0 unspecified atom stereocenters. The van der Waals surface area contributed by atoms with Gasteiger partial charge in [-0.25, -0.2) is 4.39 Å². The molecule has 2 heterocycles. The van der Waals surface area contributed by atoms with Gasteiger partial charge in [0.1, 0.15) is 5.82 Å². The normalized spacial score (nSPS) is 11.0. The van der Waals surface area contributed by atoms with E-state index in [9.17, 15) is 4.39 Å². The SMILES string of the molecule is Fc1ccc(-c2nc(CSc3nnc(-c4ccc(Cl)cc4)o3)no2)cc1. The van der Waals surface area contributed by atoms with Gasteiger partial charge >= 0.3 is 0 Å². The predicted octanol–water partition coefficient (Wildman–Crippen LogP) is 4.87. The molecule has 2 aromatic heterocycles. The van der Waals surface area contributed by atoms with E-state index in [0.29, 0.717) is 39.2 Å². The Morgan fingerprint density at radius 1 is 0.923 bits per heavy atom. The number of hydrogen-bond donors (Lipinski definition) is 0. The van der Waals surface area contributed by atoms with Gasteiger partial charge in [-0.3, -0.25) is 0 Å². The molecule has 0 aliphatic rings. The molecule has 0 amide bonds. The van der Waals surface area contributed by atoms with E-state index in [4.69, 9.17) is 20.5 Å². The zero-order valence-electron chi connectivity index (χ0n) is 13.1. The number of benzene rings is 2. The van der Waals surface area contributed by atoms with Crippen LogP contribution in [0.2, 0.25) is 5.02 Å². The van der Waals surface area contributed by atoms with Crippen molar-refractivity contribution >= 4 is 23.4 Å². The third kappa shape index (κ3) is 3.76. The van der Waals surface area contributed by atoms with Gasteiger partial charge in [0.15, 0.2) is 5.82 Å². The molecule has 0 fully saturated rings. The summed E-state index contributed by atoms with van der Waals surface area (Å²) in [4.78, 5) is 4.27. The second-order valence-electron chi connectivity index (χ2n) is 5.19. The number of aromatic nitrogens is 4. The summed E-state index contributed by atoms with van der Waals surface area (Å²) in [7, 11) is 0. The van der Waals surface area contributed by atoms with Crippen LogP contribution in [0.25, 0.3) is 22.9 Å². The number of nitrogens with zero attached hydrogens (tertiary/aromatic N) is 4. The third-order valence-electron chi connectivity index (χ3n) is 3.38. The molecule has 0 spiro atoms. The first-order chi connectivity index (χ1) is 12.7. The standard InChI is InChI=1S/C17H10ClFN4O2S/c18-12-5-1-11(2-6-12)16-21-22-17(24-16)26-9-14-20-15(25-23-14)10-3-7-13(19)8-4-10/h1-8H,9H2. The van der Waals surface area contributed by atoms with E-state index in [2.05, 4.69) is 20.3 Å². The molecule has 6 nitrogen and oxygen atoms in total. The van der Waals surface area contributed by atoms with E-state index >= 15 is 0 Å². The predicted molar refractivity (Wildman–Crippen MR) is 94.0 cm³/mol. The van der Waals surface area contributed by atoms with E-state index < -0.39 is 0 Å². The molecule has 0 aliphatic heterocycles. The smallest absolute Gasteiger partial charge is 0.277 e. The quantitative estimate of drug-likeness (QED) is 0.451. The van der Waals surface area contributed by atoms with E-state index in [1.54, 1.807) is 36.4 Å². The Morgan fingerprint density at radius 3 is 2.38 bits per heavy atom. The van der Waals surface area contributed by atoms with E-state index in [1.165, 1.54) is 23.9 Å². The zero-order valence-corrected chi connectivity index (χ0v) is 14.7. The Balaban J connectivity index is 1.42. The molecule has 0 bridgehead atoms. The fourth-order valence-corrected chi connectivity index (χ4v) is 2.86. The van der Waals surface area contributed by atoms with Crippen molar-refractivity contribution in [2.75, 3.05) is 0 Å². The van der Waals surface area contributed by atoms with Crippen molar-refractivity contribution in [2.45, 2.75) is 11.0 Å². The summed E-state index contributed by atoms with van der Waals surface area (Å²) < 4.78 is 23.8. The molecule has 0 saturated carbocycles. The number of hydrogen-bond acceptors (Lipinski definition) is 7. The van der Waals surface area contributed by atoms with Gasteiger partial charge in [0.25, 0.3) is 11.1 Å². The molecular formula is C17H10ClFN4O2S. The maximum Gasteiger partial charge on any atom is 0.277 e. The Hall–Kier alpha value is -2.71. The minimum atomic E-state index is -0.322. The minimum Gasteiger partial charge on any atom is -0.411 e. The van der Waals surface area contributed by atoms with Gasteiger partial charge in [0.2, 0.25) is 5.89 Å². The molecule has 2 aromatic carbocycles. The summed E-state index contributed by atoms with van der Waals surface area (Å²) in [6.45, 7) is 0. The Bertz CT molecular complexity index is 934. The topological polar surface area (TPSA) is 77.8 Å². The molecule has 26 heavy (non-hydrogen) atoms. The molecule has 0 saturated heterocycles. The Kier molecular flexibility index (Phi) is 4.68. The number of halogens is 2. The fraction of sp³-hybridized carbons (Fsp3) is 0.0588. The molecule has 4 rings (SSSR count). The third-order valence-corrected chi connectivity index (χ3v) is 4.45. The first-order valence-electron chi connectivity index (χ1n) is 7.48. The van der Waals surface area contributed by atoms with Crippen LogP contribution in [0, 0.1) is 5.82 Å². The molecule has 0 radical (unpaired) electrons. The lowest BCUT2D eigenvalue weighted by Crippen LogP contribution is -1.84. The Labute approximate surface area is 156 Å². The van der Waals surface area contributed by atoms with E-state index in [0.717, 1.165) is 5.56 Å². The first kappa shape index (κ1) is 16.7. The van der Waals surface area contributed by atoms with Crippen molar-refractivity contribution in [1.82, 2.24) is 20.3 Å². The van der Waals surface area contributed by atoms with E-state index in [1.807, 2.05) is 0 Å². The van der Waals surface area contributed by atoms with Crippen LogP contribution in [-0.2, 0) is 5.75 Å². The summed E-state index contributed by atoms with van der Waals surface area (Å²) in [5.74, 6) is 1.28. The van der Waals surface area contributed by atoms with Crippen molar-refractivity contribution in [3.05, 3.63) is 65.2 Å². The van der Waals surface area contributed by atoms with Crippen molar-refractivity contribution in [1.29, 1.82) is 0 Å². The van der Waals surface area contributed by atoms with Crippen LogP contribution in [0.4, 0.5) is 4.39 Å². The molecular weight excluding hydrogens is 379 g/mol. The van der Waals surface area contributed by atoms with Crippen LogP contribution in [0.3, 0.4) is 0 Å². The zero-order chi connectivity index (χ0) is 17.9. The van der Waals surface area contributed by atoms with Gasteiger partial charge < -0.3 is 8.94 Å². The lowest BCUT2D eigenvalue weighted by atomic mass is 10.2. The van der Waals surface area contributed by atoms with Gasteiger partial charge in [0.05, 0.1) is 5.75 Å². The van der Waals surface area contributed by atoms with Crippen molar-refractivity contribution in [3.63, 3.8) is 0 Å². The molecule has 0 atom stereocenters. The average Bonchev–Trinajstić information content (AvgIpc) is 3.31. The maximum absolute atomic E-state index is 13.0. The highest BCUT2D eigenvalue weighted by Crippen LogP contribution is 2.26. The number of thioether (sulfide) groups is 1. The van der Waals surface area contributed by atoms with Crippen molar-refractivity contribution in [2.24, 2.45) is 0 Å². The highest BCUT2D eigenvalue weighted by Gasteiger charge is 2.13. The summed E-state index contributed by atoms with van der Waals surface area (Å²) in [6.07, 6.45) is 0. The van der Waals surface area contributed by atoms with Gasteiger partial charge in [0, 0.05) is 16.1 Å². The maximum atomic E-state index is 13.0. The molecule has 0 N–H and O–H groups in total. The summed E-state index contributed by atoms with van der Waals surface area (Å²) in [5.41, 5.74) is 1.44. The van der Waals surface area contributed by atoms with Crippen LogP contribution in [0.5, 0.6) is 0 Å². The second kappa shape index (κ2) is 7.27. The highest BCUT2D eigenvalue weighted by molar-refractivity contribution is 7.98. The van der Waals surface area contributed by atoms with Crippen molar-refractivity contribution in [3.8, 4) is 22.9 Å². The Morgan fingerprint density at radius 2 is 1.62 bits per heavy atom. The van der Waals surface area contributed by atoms with Crippen LogP contribution in [-0.4, -0.2) is 20.3 Å². The fourth-order valence-electron chi connectivity index (χ4n) is 2.13. The second-order valence-corrected chi connectivity index (χ2v) is 6.55. The summed E-state index contributed by atoms with van der Waals surface area (Å²) >= 11 is 7.16. The largest absolute Gasteiger partial charge is 0.411 e. The van der Waals surface area contributed by atoms with Crippen LogP contribution < -0.4 is 0 Å². The molecule has 0 aliphatic carbocycles. The van der Waals surface area contributed by atoms with Crippen LogP contribution in [0.15, 0.2) is 62.7 Å². The van der Waals surface area contributed by atoms with Crippen molar-refractivity contribution < 1.29 is 13.3 Å². The molecule has 4 aromatic rings.